The van der Waals surface area contributed by atoms with Gasteiger partial charge in [-0.1, -0.05) is 33.8 Å². The van der Waals surface area contributed by atoms with Crippen molar-refractivity contribution in [2.45, 2.75) is 59.3 Å². The summed E-state index contributed by atoms with van der Waals surface area (Å²) in [5, 5.41) is 0. The number of Topliss-reactive ketones (excluding diaryl/α,β-unsaturated/α-hetero) is 2. The van der Waals surface area contributed by atoms with Crippen molar-refractivity contribution in [1.82, 2.24) is 4.98 Å². The third-order valence-electron chi connectivity index (χ3n) is 6.04. The molecule has 4 heteroatoms. The maximum Gasteiger partial charge on any atom is 0.163 e. The monoisotopic (exact) mass is 351 g/mol. The molecule has 26 heavy (non-hydrogen) atoms. The van der Waals surface area contributed by atoms with Gasteiger partial charge in [-0.2, -0.15) is 0 Å². The summed E-state index contributed by atoms with van der Waals surface area (Å²) in [6.45, 7) is 8.47. The molecule has 0 amide bonds. The summed E-state index contributed by atoms with van der Waals surface area (Å²) >= 11 is 0. The van der Waals surface area contributed by atoms with Crippen LogP contribution in [0.5, 0.6) is 0 Å². The number of pyridine rings is 1. The number of aromatic nitrogens is 1. The summed E-state index contributed by atoms with van der Waals surface area (Å²) in [4.78, 5) is 30.4. The number of allylic oxidation sites excluding steroid dienone is 4. The van der Waals surface area contributed by atoms with Gasteiger partial charge in [0.25, 0.3) is 0 Å². The summed E-state index contributed by atoms with van der Waals surface area (Å²) < 4.78 is 6.41. The smallest absolute Gasteiger partial charge is 0.163 e. The molecule has 4 rings (SSSR count). The Balaban J connectivity index is 2.01. The molecule has 0 atom stereocenters. The molecule has 0 fully saturated rings. The highest BCUT2D eigenvalue weighted by atomic mass is 16.5. The van der Waals surface area contributed by atoms with Crippen LogP contribution >= 0.6 is 0 Å². The molecule has 0 unspecified atom stereocenters. The normalized spacial score (nSPS) is 24.9. The number of rotatable bonds is 1. The molecule has 1 aliphatic heterocycles. The number of ether oxygens (including phenoxy) is 1. The van der Waals surface area contributed by atoms with E-state index in [9.17, 15) is 9.59 Å². The Morgan fingerprint density at radius 3 is 1.92 bits per heavy atom. The van der Waals surface area contributed by atoms with Crippen molar-refractivity contribution in [3.63, 3.8) is 0 Å². The van der Waals surface area contributed by atoms with Crippen molar-refractivity contribution >= 4 is 11.6 Å². The molecule has 1 aromatic rings. The minimum Gasteiger partial charge on any atom is -0.464 e. The van der Waals surface area contributed by atoms with E-state index in [0.29, 0.717) is 24.0 Å². The van der Waals surface area contributed by atoms with Gasteiger partial charge in [0.1, 0.15) is 11.5 Å². The first-order valence-corrected chi connectivity index (χ1v) is 9.37. The predicted molar refractivity (Wildman–Crippen MR) is 98.2 cm³/mol. The summed E-state index contributed by atoms with van der Waals surface area (Å²) in [6.07, 6.45) is 4.22. The van der Waals surface area contributed by atoms with Gasteiger partial charge in [0.15, 0.2) is 11.6 Å². The molecule has 0 saturated heterocycles. The van der Waals surface area contributed by atoms with E-state index in [4.69, 9.17) is 4.74 Å². The second-order valence-corrected chi connectivity index (χ2v) is 8.89. The summed E-state index contributed by atoms with van der Waals surface area (Å²) in [5.41, 5.74) is 1.58. The molecule has 136 valence electrons. The lowest BCUT2D eigenvalue weighted by Crippen LogP contribution is -2.40. The molecule has 1 aromatic heterocycles. The molecule has 2 heterocycles. The van der Waals surface area contributed by atoms with Crippen LogP contribution in [0.1, 0.15) is 65.0 Å². The Kier molecular flexibility index (Phi) is 3.73. The van der Waals surface area contributed by atoms with Gasteiger partial charge in [-0.15, -0.1) is 0 Å². The number of hydrogen-bond donors (Lipinski definition) is 0. The molecule has 0 spiro atoms. The SMILES string of the molecule is CC1(C)CCC(=O)C2=C1OC1=C(C(=O)CCC1(C)C)C2c1ccccn1. The zero-order valence-corrected chi connectivity index (χ0v) is 15.9. The number of nitrogens with zero attached hydrogens (tertiary/aromatic N) is 1. The minimum absolute atomic E-state index is 0.0812. The van der Waals surface area contributed by atoms with E-state index in [1.165, 1.54) is 0 Å². The zero-order valence-electron chi connectivity index (χ0n) is 15.9. The van der Waals surface area contributed by atoms with Crippen LogP contribution in [0.3, 0.4) is 0 Å². The van der Waals surface area contributed by atoms with Gasteiger partial charge in [-0.3, -0.25) is 14.6 Å². The first-order valence-electron chi connectivity index (χ1n) is 9.37. The van der Waals surface area contributed by atoms with Crippen molar-refractivity contribution in [2.24, 2.45) is 10.8 Å². The van der Waals surface area contributed by atoms with E-state index in [1.807, 2.05) is 18.2 Å². The van der Waals surface area contributed by atoms with Crippen molar-refractivity contribution < 1.29 is 14.3 Å². The van der Waals surface area contributed by atoms with E-state index in [0.717, 1.165) is 30.1 Å². The maximum absolute atomic E-state index is 12.9. The second kappa shape index (κ2) is 5.63. The molecule has 0 aromatic carbocycles. The van der Waals surface area contributed by atoms with Crippen LogP contribution in [0, 0.1) is 10.8 Å². The molecule has 0 bridgehead atoms. The Morgan fingerprint density at radius 2 is 1.46 bits per heavy atom. The Labute approximate surface area is 154 Å². The largest absolute Gasteiger partial charge is 0.464 e. The number of carbonyl (C=O) groups is 2. The van der Waals surface area contributed by atoms with Crippen molar-refractivity contribution in [1.29, 1.82) is 0 Å². The summed E-state index contributed by atoms with van der Waals surface area (Å²) in [7, 11) is 0. The van der Waals surface area contributed by atoms with Crippen molar-refractivity contribution in [3.8, 4) is 0 Å². The fourth-order valence-electron chi connectivity index (χ4n) is 4.39. The first kappa shape index (κ1) is 17.2. The van der Waals surface area contributed by atoms with Crippen LogP contribution in [0.2, 0.25) is 0 Å². The van der Waals surface area contributed by atoms with Crippen LogP contribution in [-0.4, -0.2) is 16.6 Å². The Morgan fingerprint density at radius 1 is 0.923 bits per heavy atom. The van der Waals surface area contributed by atoms with Gasteiger partial charge in [0.05, 0.1) is 11.6 Å². The number of carbonyl (C=O) groups excluding carboxylic acids is 2. The second-order valence-electron chi connectivity index (χ2n) is 8.89. The van der Waals surface area contributed by atoms with Crippen molar-refractivity contribution in [2.75, 3.05) is 0 Å². The Bertz CT molecular complexity index is 807. The summed E-state index contributed by atoms with van der Waals surface area (Å²) in [5.74, 6) is 1.24. The van der Waals surface area contributed by atoms with Crippen LogP contribution in [-0.2, 0) is 14.3 Å². The van der Waals surface area contributed by atoms with E-state index >= 15 is 0 Å². The standard InChI is InChI=1S/C22H25NO3/c1-21(2)10-8-14(24)17-16(13-7-5-6-12-23-13)18-15(25)9-11-22(3,4)20(18)26-19(17)21/h5-7,12,16H,8-11H2,1-4H3. The van der Waals surface area contributed by atoms with E-state index < -0.39 is 5.92 Å². The topological polar surface area (TPSA) is 56.3 Å². The zero-order chi connectivity index (χ0) is 18.7. The fourth-order valence-corrected chi connectivity index (χ4v) is 4.39. The van der Waals surface area contributed by atoms with Crippen LogP contribution in [0.4, 0.5) is 0 Å². The molecule has 4 nitrogen and oxygen atoms in total. The molecule has 0 saturated carbocycles. The quantitative estimate of drug-likeness (QED) is 0.748. The maximum atomic E-state index is 12.9. The minimum atomic E-state index is -0.408. The molecule has 2 aliphatic carbocycles. The Hall–Kier alpha value is -2.23. The lowest BCUT2D eigenvalue weighted by molar-refractivity contribution is -0.119. The highest BCUT2D eigenvalue weighted by molar-refractivity contribution is 6.06. The predicted octanol–water partition coefficient (Wildman–Crippen LogP) is 4.48. The third kappa shape index (κ3) is 2.46. The average molecular weight is 351 g/mol. The lowest BCUT2D eigenvalue weighted by Gasteiger charge is -2.45. The fraction of sp³-hybridized carbons (Fsp3) is 0.500. The van der Waals surface area contributed by atoms with Gasteiger partial charge in [-0.25, -0.2) is 0 Å². The summed E-state index contributed by atoms with van der Waals surface area (Å²) in [6, 6.07) is 5.68. The van der Waals surface area contributed by atoms with Crippen molar-refractivity contribution in [3.05, 3.63) is 52.8 Å². The molecular weight excluding hydrogens is 326 g/mol. The lowest BCUT2D eigenvalue weighted by atomic mass is 9.65. The van der Waals surface area contributed by atoms with Gasteiger partial charge in [0, 0.05) is 41.0 Å². The van der Waals surface area contributed by atoms with Gasteiger partial charge >= 0.3 is 0 Å². The molecule has 3 aliphatic rings. The molecular formula is C22H25NO3. The van der Waals surface area contributed by atoms with Gasteiger partial charge < -0.3 is 4.74 Å². The van der Waals surface area contributed by atoms with E-state index in [1.54, 1.807) is 6.20 Å². The van der Waals surface area contributed by atoms with Crippen LogP contribution in [0.15, 0.2) is 47.1 Å². The molecule has 0 N–H and O–H groups in total. The highest BCUT2D eigenvalue weighted by Gasteiger charge is 2.50. The van der Waals surface area contributed by atoms with E-state index in [-0.39, 0.29) is 22.4 Å². The molecule has 0 radical (unpaired) electrons. The van der Waals surface area contributed by atoms with E-state index in [2.05, 4.69) is 32.7 Å². The third-order valence-corrected chi connectivity index (χ3v) is 6.04. The average Bonchev–Trinajstić information content (AvgIpc) is 2.61. The van der Waals surface area contributed by atoms with Crippen LogP contribution < -0.4 is 0 Å². The first-order chi connectivity index (χ1) is 12.2. The van der Waals surface area contributed by atoms with Crippen LogP contribution in [0.25, 0.3) is 0 Å². The highest BCUT2D eigenvalue weighted by Crippen LogP contribution is 2.55. The van der Waals surface area contributed by atoms with Gasteiger partial charge in [0.2, 0.25) is 0 Å². The van der Waals surface area contributed by atoms with Gasteiger partial charge in [-0.05, 0) is 25.0 Å². The number of ketones is 2. The number of hydrogen-bond acceptors (Lipinski definition) is 4.